The van der Waals surface area contributed by atoms with Crippen LogP contribution in [-0.2, 0) is 22.7 Å². The van der Waals surface area contributed by atoms with Crippen molar-refractivity contribution >= 4 is 35.0 Å². The molecule has 2 heterocycles. The van der Waals surface area contributed by atoms with E-state index in [1.54, 1.807) is 32.6 Å². The summed E-state index contributed by atoms with van der Waals surface area (Å²) in [4.78, 5) is 21.7. The second-order valence-electron chi connectivity index (χ2n) is 11.6. The van der Waals surface area contributed by atoms with Gasteiger partial charge in [-0.2, -0.15) is 0 Å². The summed E-state index contributed by atoms with van der Waals surface area (Å²) in [5, 5.41) is 0. The number of methoxy groups -OCH3 is 2. The number of carbonyl (C=O) groups excluding carboxylic acids is 1. The van der Waals surface area contributed by atoms with E-state index in [1.807, 2.05) is 73.4 Å². The van der Waals surface area contributed by atoms with Crippen molar-refractivity contribution in [2.24, 2.45) is 0 Å². The van der Waals surface area contributed by atoms with E-state index in [2.05, 4.69) is 40.2 Å². The van der Waals surface area contributed by atoms with Crippen LogP contribution < -0.4 is 14.2 Å². The normalized spacial score (nSPS) is 13.5. The second-order valence-corrected chi connectivity index (χ2v) is 11.6. The Balaban J connectivity index is 0.00000520. The SMILES string of the molecule is Br.COC/C=C/c1ccc(CN2CCN(C(=O)/C=C/c3cc(C)c(Oc4ccc(OCc5ccc(OC)cc5)cn4)c(C)c3)CC2)cc1. The minimum Gasteiger partial charge on any atom is -0.497 e. The molecule has 1 fully saturated rings. The average Bonchev–Trinajstić information content (AvgIpc) is 3.10. The second kappa shape index (κ2) is 18.2. The Hall–Kier alpha value is -4.44. The van der Waals surface area contributed by atoms with E-state index in [0.29, 0.717) is 37.9 Å². The Morgan fingerprint density at radius 1 is 0.812 bits per heavy atom. The van der Waals surface area contributed by atoms with E-state index in [1.165, 1.54) is 5.56 Å². The van der Waals surface area contributed by atoms with Gasteiger partial charge in [-0.3, -0.25) is 9.69 Å². The third-order valence-electron chi connectivity index (χ3n) is 8.02. The van der Waals surface area contributed by atoms with Crippen LogP contribution in [0.5, 0.6) is 23.1 Å². The van der Waals surface area contributed by atoms with Gasteiger partial charge in [-0.1, -0.05) is 48.6 Å². The van der Waals surface area contributed by atoms with Gasteiger partial charge in [0.15, 0.2) is 0 Å². The number of hydrogen-bond donors (Lipinski definition) is 0. The lowest BCUT2D eigenvalue weighted by Gasteiger charge is -2.34. The first-order valence-corrected chi connectivity index (χ1v) is 15.8. The minimum atomic E-state index is 0. The monoisotopic (exact) mass is 713 g/mol. The van der Waals surface area contributed by atoms with E-state index < -0.39 is 0 Å². The molecule has 0 bridgehead atoms. The molecule has 5 rings (SSSR count). The van der Waals surface area contributed by atoms with Crippen molar-refractivity contribution in [1.82, 2.24) is 14.8 Å². The molecular weight excluding hydrogens is 670 g/mol. The number of ether oxygens (including phenoxy) is 4. The van der Waals surface area contributed by atoms with E-state index in [9.17, 15) is 4.79 Å². The fraction of sp³-hybridized carbons (Fsp3) is 0.282. The maximum absolute atomic E-state index is 13.0. The third kappa shape index (κ3) is 10.5. The van der Waals surface area contributed by atoms with Crippen LogP contribution in [-0.4, -0.2) is 67.7 Å². The Labute approximate surface area is 294 Å². The zero-order valence-corrected chi connectivity index (χ0v) is 29.8. The van der Waals surface area contributed by atoms with Gasteiger partial charge in [0.25, 0.3) is 0 Å². The molecule has 9 heteroatoms. The van der Waals surface area contributed by atoms with Crippen LogP contribution in [0.15, 0.2) is 91.1 Å². The standard InChI is InChI=1S/C39H43N3O5.BrH/c1-29-24-34(13-18-38(43)42-21-19-41(20-22-42)27-32-9-7-31(8-10-32)6-5-23-44-3)25-30(2)39(29)47-37-17-16-36(26-40-37)46-28-33-11-14-35(45-4)15-12-33;/h5-18,24-26H,19-23,27-28H2,1-4H3;1H/b6-5+,18-13+;. The van der Waals surface area contributed by atoms with Gasteiger partial charge in [-0.15, -0.1) is 17.0 Å². The fourth-order valence-corrected chi connectivity index (χ4v) is 5.42. The van der Waals surface area contributed by atoms with Crippen molar-refractivity contribution in [1.29, 1.82) is 0 Å². The van der Waals surface area contributed by atoms with Crippen LogP contribution in [0.3, 0.4) is 0 Å². The summed E-state index contributed by atoms with van der Waals surface area (Å²) in [6, 6.07) is 24.0. The van der Waals surface area contributed by atoms with Crippen molar-refractivity contribution in [3.63, 3.8) is 0 Å². The van der Waals surface area contributed by atoms with Crippen molar-refractivity contribution < 1.29 is 23.7 Å². The first kappa shape index (κ1) is 36.4. The molecule has 0 atom stereocenters. The summed E-state index contributed by atoms with van der Waals surface area (Å²) in [7, 11) is 3.34. The Morgan fingerprint density at radius 3 is 2.10 bits per heavy atom. The molecule has 1 saturated heterocycles. The third-order valence-corrected chi connectivity index (χ3v) is 8.02. The summed E-state index contributed by atoms with van der Waals surface area (Å²) < 4.78 is 22.3. The van der Waals surface area contributed by atoms with Gasteiger partial charge >= 0.3 is 0 Å². The number of aryl methyl sites for hydroxylation is 2. The Bertz CT molecular complexity index is 1640. The number of nitrogens with zero attached hydrogens (tertiary/aromatic N) is 3. The molecule has 48 heavy (non-hydrogen) atoms. The molecule has 0 radical (unpaired) electrons. The highest BCUT2D eigenvalue weighted by Gasteiger charge is 2.20. The van der Waals surface area contributed by atoms with Crippen LogP contribution in [0.1, 0.15) is 33.4 Å². The quantitative estimate of drug-likeness (QED) is 0.132. The molecule has 0 N–H and O–H groups in total. The lowest BCUT2D eigenvalue weighted by Crippen LogP contribution is -2.47. The van der Waals surface area contributed by atoms with Gasteiger partial charge < -0.3 is 23.8 Å². The zero-order valence-electron chi connectivity index (χ0n) is 28.1. The van der Waals surface area contributed by atoms with E-state index in [-0.39, 0.29) is 22.9 Å². The van der Waals surface area contributed by atoms with Gasteiger partial charge in [-0.05, 0) is 83.6 Å². The minimum absolute atomic E-state index is 0. The van der Waals surface area contributed by atoms with Gasteiger partial charge in [0.2, 0.25) is 11.8 Å². The lowest BCUT2D eigenvalue weighted by molar-refractivity contribution is -0.127. The smallest absolute Gasteiger partial charge is 0.246 e. The molecule has 252 valence electrons. The molecule has 1 aliphatic rings. The number of halogens is 1. The Kier molecular flexibility index (Phi) is 13.8. The van der Waals surface area contributed by atoms with Crippen molar-refractivity contribution in [3.05, 3.63) is 125 Å². The molecule has 0 aliphatic carbocycles. The summed E-state index contributed by atoms with van der Waals surface area (Å²) in [6.07, 6.45) is 9.29. The first-order chi connectivity index (χ1) is 22.9. The average molecular weight is 715 g/mol. The molecule has 3 aromatic carbocycles. The summed E-state index contributed by atoms with van der Waals surface area (Å²) in [5.41, 5.74) is 6.36. The highest BCUT2D eigenvalue weighted by Crippen LogP contribution is 2.30. The zero-order chi connectivity index (χ0) is 33.0. The van der Waals surface area contributed by atoms with Gasteiger partial charge in [-0.25, -0.2) is 4.98 Å². The van der Waals surface area contributed by atoms with E-state index in [0.717, 1.165) is 59.0 Å². The van der Waals surface area contributed by atoms with Gasteiger partial charge in [0, 0.05) is 52.0 Å². The van der Waals surface area contributed by atoms with Gasteiger partial charge in [0.1, 0.15) is 23.9 Å². The molecule has 1 amide bonds. The number of piperazine rings is 1. The number of aromatic nitrogens is 1. The maximum Gasteiger partial charge on any atom is 0.246 e. The lowest BCUT2D eigenvalue weighted by atomic mass is 10.1. The fourth-order valence-electron chi connectivity index (χ4n) is 5.42. The number of amides is 1. The van der Waals surface area contributed by atoms with Crippen LogP contribution in [0.4, 0.5) is 0 Å². The van der Waals surface area contributed by atoms with Crippen LogP contribution >= 0.6 is 17.0 Å². The molecule has 4 aromatic rings. The molecule has 0 spiro atoms. The number of carbonyl (C=O) groups is 1. The number of rotatable bonds is 13. The Morgan fingerprint density at radius 2 is 1.48 bits per heavy atom. The number of benzene rings is 3. The number of pyridine rings is 1. The predicted molar refractivity (Wildman–Crippen MR) is 196 cm³/mol. The van der Waals surface area contributed by atoms with Crippen LogP contribution in [0, 0.1) is 13.8 Å². The largest absolute Gasteiger partial charge is 0.497 e. The van der Waals surface area contributed by atoms with Crippen LogP contribution in [0.25, 0.3) is 12.2 Å². The van der Waals surface area contributed by atoms with Crippen molar-refractivity contribution in [2.45, 2.75) is 27.0 Å². The first-order valence-electron chi connectivity index (χ1n) is 15.8. The predicted octanol–water partition coefficient (Wildman–Crippen LogP) is 7.67. The summed E-state index contributed by atoms with van der Waals surface area (Å²) in [5.74, 6) is 2.74. The van der Waals surface area contributed by atoms with Crippen molar-refractivity contribution in [2.75, 3.05) is 47.0 Å². The molecular formula is C39H44BrN3O5. The molecule has 1 aromatic heterocycles. The molecule has 0 unspecified atom stereocenters. The topological polar surface area (TPSA) is 73.4 Å². The maximum atomic E-state index is 13.0. The van der Waals surface area contributed by atoms with Crippen LogP contribution in [0.2, 0.25) is 0 Å². The van der Waals surface area contributed by atoms with Crippen molar-refractivity contribution in [3.8, 4) is 23.1 Å². The van der Waals surface area contributed by atoms with E-state index >= 15 is 0 Å². The van der Waals surface area contributed by atoms with Gasteiger partial charge in [0.05, 0.1) is 19.9 Å². The van der Waals surface area contributed by atoms with E-state index in [4.69, 9.17) is 18.9 Å². The number of hydrogen-bond acceptors (Lipinski definition) is 7. The molecule has 1 aliphatic heterocycles. The molecule has 8 nitrogen and oxygen atoms in total. The summed E-state index contributed by atoms with van der Waals surface area (Å²) in [6.45, 7) is 9.05. The molecule has 0 saturated carbocycles. The highest BCUT2D eigenvalue weighted by atomic mass is 79.9. The highest BCUT2D eigenvalue weighted by molar-refractivity contribution is 8.93. The summed E-state index contributed by atoms with van der Waals surface area (Å²) >= 11 is 0.